The van der Waals surface area contributed by atoms with Crippen LogP contribution in [0.5, 0.6) is 5.75 Å². The van der Waals surface area contributed by atoms with E-state index in [9.17, 15) is 18.3 Å². The van der Waals surface area contributed by atoms with Crippen LogP contribution in [0.1, 0.15) is 45.2 Å². The molecule has 0 fully saturated rings. The van der Waals surface area contributed by atoms with Crippen LogP contribution in [0.15, 0.2) is 24.3 Å². The van der Waals surface area contributed by atoms with E-state index in [1.54, 1.807) is 12.1 Å². The van der Waals surface area contributed by atoms with Crippen molar-refractivity contribution in [1.82, 2.24) is 5.32 Å². The van der Waals surface area contributed by atoms with E-state index in [0.717, 1.165) is 5.56 Å². The molecule has 0 aliphatic heterocycles. The SMILES string of the molecule is CCC(O)(CC)CNC(C)c1ccc(OC(F)(F)F)cc1. The molecule has 120 valence electrons. The van der Waals surface area contributed by atoms with Crippen LogP contribution in [0.3, 0.4) is 0 Å². The molecule has 0 spiro atoms. The Morgan fingerprint density at radius 3 is 2.10 bits per heavy atom. The molecule has 0 aromatic heterocycles. The van der Waals surface area contributed by atoms with E-state index >= 15 is 0 Å². The predicted molar refractivity (Wildman–Crippen MR) is 75.1 cm³/mol. The summed E-state index contributed by atoms with van der Waals surface area (Å²) in [5.74, 6) is -0.239. The van der Waals surface area contributed by atoms with Crippen molar-refractivity contribution in [2.24, 2.45) is 0 Å². The van der Waals surface area contributed by atoms with Crippen molar-refractivity contribution in [3.63, 3.8) is 0 Å². The fourth-order valence-corrected chi connectivity index (χ4v) is 1.92. The Bertz CT molecular complexity index is 428. The number of alkyl halides is 3. The second kappa shape index (κ2) is 7.13. The molecular formula is C15H22F3NO2. The first-order valence-electron chi connectivity index (χ1n) is 7.00. The molecule has 1 aromatic carbocycles. The summed E-state index contributed by atoms with van der Waals surface area (Å²) >= 11 is 0. The standard InChI is InChI=1S/C15H22F3NO2/c1-4-14(20,5-2)10-19-11(3)12-6-8-13(9-7-12)21-15(16,17)18/h6-9,11,19-20H,4-5,10H2,1-3H3. The molecule has 0 saturated heterocycles. The van der Waals surface area contributed by atoms with Gasteiger partial charge in [-0.25, -0.2) is 0 Å². The minimum atomic E-state index is -4.68. The van der Waals surface area contributed by atoms with Crippen molar-refractivity contribution >= 4 is 0 Å². The molecule has 0 amide bonds. The minimum absolute atomic E-state index is 0.0745. The molecule has 1 atom stereocenters. The Balaban J connectivity index is 2.61. The molecule has 1 rings (SSSR count). The summed E-state index contributed by atoms with van der Waals surface area (Å²) in [4.78, 5) is 0. The molecule has 0 saturated carbocycles. The first-order chi connectivity index (χ1) is 9.69. The van der Waals surface area contributed by atoms with E-state index in [1.807, 2.05) is 20.8 Å². The summed E-state index contributed by atoms with van der Waals surface area (Å²) < 4.78 is 40.0. The Hall–Kier alpha value is -1.27. The molecule has 0 radical (unpaired) electrons. The fraction of sp³-hybridized carbons (Fsp3) is 0.600. The molecule has 0 aliphatic rings. The Morgan fingerprint density at radius 1 is 1.14 bits per heavy atom. The highest BCUT2D eigenvalue weighted by Crippen LogP contribution is 2.24. The highest BCUT2D eigenvalue weighted by Gasteiger charge is 2.31. The minimum Gasteiger partial charge on any atom is -0.406 e. The first kappa shape index (κ1) is 17.8. The quantitative estimate of drug-likeness (QED) is 0.805. The molecule has 6 heteroatoms. The number of ether oxygens (including phenoxy) is 1. The van der Waals surface area contributed by atoms with Gasteiger partial charge >= 0.3 is 6.36 Å². The summed E-state index contributed by atoms with van der Waals surface area (Å²) in [6, 6.07) is 5.65. The largest absolute Gasteiger partial charge is 0.573 e. The zero-order chi connectivity index (χ0) is 16.1. The van der Waals surface area contributed by atoms with E-state index in [0.29, 0.717) is 19.4 Å². The van der Waals surface area contributed by atoms with Crippen LogP contribution in [-0.4, -0.2) is 23.6 Å². The van der Waals surface area contributed by atoms with Gasteiger partial charge in [-0.2, -0.15) is 0 Å². The van der Waals surface area contributed by atoms with Crippen molar-refractivity contribution < 1.29 is 23.0 Å². The number of hydrogen-bond acceptors (Lipinski definition) is 3. The van der Waals surface area contributed by atoms with Crippen molar-refractivity contribution in [3.05, 3.63) is 29.8 Å². The average molecular weight is 305 g/mol. The number of benzene rings is 1. The van der Waals surface area contributed by atoms with Crippen molar-refractivity contribution in [1.29, 1.82) is 0 Å². The lowest BCUT2D eigenvalue weighted by Crippen LogP contribution is -2.40. The molecule has 0 aliphatic carbocycles. The molecular weight excluding hydrogens is 283 g/mol. The lowest BCUT2D eigenvalue weighted by Gasteiger charge is -2.27. The second-order valence-electron chi connectivity index (χ2n) is 5.15. The van der Waals surface area contributed by atoms with Crippen LogP contribution < -0.4 is 10.1 Å². The normalized spacial score (nSPS) is 14.0. The smallest absolute Gasteiger partial charge is 0.406 e. The Labute approximate surface area is 123 Å². The summed E-state index contributed by atoms with van der Waals surface area (Å²) in [5, 5.41) is 13.4. The summed E-state index contributed by atoms with van der Waals surface area (Å²) in [6.45, 7) is 6.16. The molecule has 0 bridgehead atoms. The van der Waals surface area contributed by atoms with Crippen LogP contribution in [0, 0.1) is 0 Å². The number of halogens is 3. The highest BCUT2D eigenvalue weighted by atomic mass is 19.4. The van der Waals surface area contributed by atoms with Gasteiger partial charge in [-0.1, -0.05) is 26.0 Å². The van der Waals surface area contributed by atoms with Gasteiger partial charge < -0.3 is 15.2 Å². The van der Waals surface area contributed by atoms with Gasteiger partial charge in [0.15, 0.2) is 0 Å². The van der Waals surface area contributed by atoms with Crippen LogP contribution in [0.25, 0.3) is 0 Å². The Morgan fingerprint density at radius 2 is 1.67 bits per heavy atom. The fourth-order valence-electron chi connectivity index (χ4n) is 1.92. The van der Waals surface area contributed by atoms with Gasteiger partial charge in [0.05, 0.1) is 5.60 Å². The second-order valence-corrected chi connectivity index (χ2v) is 5.15. The zero-order valence-corrected chi connectivity index (χ0v) is 12.5. The predicted octanol–water partition coefficient (Wildman–Crippen LogP) is 3.79. The zero-order valence-electron chi connectivity index (χ0n) is 12.5. The summed E-state index contributed by atoms with van der Waals surface area (Å²) in [6.07, 6.45) is -3.40. The maximum atomic E-state index is 12.1. The van der Waals surface area contributed by atoms with Gasteiger partial charge in [0, 0.05) is 12.6 Å². The number of rotatable bonds is 7. The van der Waals surface area contributed by atoms with E-state index in [1.165, 1.54) is 12.1 Å². The maximum absolute atomic E-state index is 12.1. The number of nitrogens with one attached hydrogen (secondary N) is 1. The summed E-state index contributed by atoms with van der Waals surface area (Å²) in [5.41, 5.74) is 0.0761. The van der Waals surface area contributed by atoms with Crippen molar-refractivity contribution in [2.45, 2.75) is 51.6 Å². The third-order valence-corrected chi connectivity index (χ3v) is 3.67. The van der Waals surface area contributed by atoms with E-state index in [-0.39, 0.29) is 11.8 Å². The van der Waals surface area contributed by atoms with Crippen LogP contribution in [0.4, 0.5) is 13.2 Å². The van der Waals surface area contributed by atoms with E-state index in [2.05, 4.69) is 10.1 Å². The van der Waals surface area contributed by atoms with Gasteiger partial charge in [-0.15, -0.1) is 13.2 Å². The van der Waals surface area contributed by atoms with Gasteiger partial charge in [0.1, 0.15) is 5.75 Å². The van der Waals surface area contributed by atoms with Gasteiger partial charge in [-0.3, -0.25) is 0 Å². The first-order valence-corrected chi connectivity index (χ1v) is 7.00. The lowest BCUT2D eigenvalue weighted by atomic mass is 9.96. The topological polar surface area (TPSA) is 41.5 Å². The number of aliphatic hydroxyl groups is 1. The average Bonchev–Trinajstić information content (AvgIpc) is 2.43. The third kappa shape index (κ3) is 5.93. The third-order valence-electron chi connectivity index (χ3n) is 3.67. The van der Waals surface area contributed by atoms with Crippen LogP contribution in [-0.2, 0) is 0 Å². The molecule has 0 heterocycles. The van der Waals surface area contributed by atoms with E-state index in [4.69, 9.17) is 0 Å². The molecule has 21 heavy (non-hydrogen) atoms. The molecule has 2 N–H and O–H groups in total. The van der Waals surface area contributed by atoms with E-state index < -0.39 is 12.0 Å². The van der Waals surface area contributed by atoms with Crippen molar-refractivity contribution in [2.75, 3.05) is 6.54 Å². The van der Waals surface area contributed by atoms with Crippen LogP contribution >= 0.6 is 0 Å². The molecule has 1 unspecified atom stereocenters. The van der Waals surface area contributed by atoms with Gasteiger partial charge in [0.2, 0.25) is 0 Å². The lowest BCUT2D eigenvalue weighted by molar-refractivity contribution is -0.274. The van der Waals surface area contributed by atoms with Gasteiger partial charge in [-0.05, 0) is 37.5 Å². The molecule has 1 aromatic rings. The maximum Gasteiger partial charge on any atom is 0.573 e. The monoisotopic (exact) mass is 305 g/mol. The molecule has 3 nitrogen and oxygen atoms in total. The summed E-state index contributed by atoms with van der Waals surface area (Å²) in [7, 11) is 0. The number of hydrogen-bond donors (Lipinski definition) is 2. The van der Waals surface area contributed by atoms with Crippen LogP contribution in [0.2, 0.25) is 0 Å². The van der Waals surface area contributed by atoms with Crippen molar-refractivity contribution in [3.8, 4) is 5.75 Å². The van der Waals surface area contributed by atoms with Gasteiger partial charge in [0.25, 0.3) is 0 Å². The Kier molecular flexibility index (Phi) is 6.04. The highest BCUT2D eigenvalue weighted by molar-refractivity contribution is 5.29.